The van der Waals surface area contributed by atoms with Gasteiger partial charge in [0.05, 0.1) is 6.54 Å². The van der Waals surface area contributed by atoms with Crippen molar-refractivity contribution in [3.05, 3.63) is 0 Å². The second-order valence-electron chi connectivity index (χ2n) is 5.35. The summed E-state index contributed by atoms with van der Waals surface area (Å²) < 4.78 is 0. The van der Waals surface area contributed by atoms with Gasteiger partial charge in [-0.2, -0.15) is 0 Å². The van der Waals surface area contributed by atoms with E-state index < -0.39 is 0 Å². The van der Waals surface area contributed by atoms with Gasteiger partial charge < -0.3 is 10.6 Å². The van der Waals surface area contributed by atoms with Crippen LogP contribution in [0.5, 0.6) is 0 Å². The Hall–Kier alpha value is -0.570. The third kappa shape index (κ3) is 6.50. The average Bonchev–Trinajstić information content (AvgIpc) is 2.12. The molecule has 0 saturated heterocycles. The highest BCUT2D eigenvalue weighted by Gasteiger charge is 2.20. The monoisotopic (exact) mass is 214 g/mol. The van der Waals surface area contributed by atoms with E-state index in [4.69, 9.17) is 0 Å². The largest absolute Gasteiger partial charge is 0.353 e. The molecule has 0 heterocycles. The molecule has 2 unspecified atom stereocenters. The lowest BCUT2D eigenvalue weighted by molar-refractivity contribution is -0.121. The standard InChI is InChI=1S/C12H26N2O/c1-7-9(2)14-11(15)8-13-10(3)12(4,5)6/h9-10,13H,7-8H2,1-6H3,(H,14,15). The molecule has 0 aliphatic carbocycles. The fraction of sp³-hybridized carbons (Fsp3) is 0.917. The molecule has 3 heteroatoms. The van der Waals surface area contributed by atoms with Crippen molar-refractivity contribution in [2.24, 2.45) is 5.41 Å². The van der Waals surface area contributed by atoms with Gasteiger partial charge in [-0.25, -0.2) is 0 Å². The summed E-state index contributed by atoms with van der Waals surface area (Å²) in [6.45, 7) is 13.1. The Bertz CT molecular complexity index is 196. The quantitative estimate of drug-likeness (QED) is 0.734. The Balaban J connectivity index is 3.81. The number of carbonyl (C=O) groups is 1. The molecule has 0 bridgehead atoms. The Morgan fingerprint density at radius 2 is 1.80 bits per heavy atom. The summed E-state index contributed by atoms with van der Waals surface area (Å²) in [6.07, 6.45) is 0.973. The van der Waals surface area contributed by atoms with Crippen molar-refractivity contribution in [1.29, 1.82) is 0 Å². The van der Waals surface area contributed by atoms with Crippen LogP contribution in [-0.4, -0.2) is 24.5 Å². The van der Waals surface area contributed by atoms with Crippen LogP contribution in [0, 0.1) is 5.41 Å². The molecule has 0 aromatic carbocycles. The molecule has 2 atom stereocenters. The van der Waals surface area contributed by atoms with E-state index in [1.54, 1.807) is 0 Å². The molecule has 0 spiro atoms. The highest BCUT2D eigenvalue weighted by Crippen LogP contribution is 2.17. The summed E-state index contributed by atoms with van der Waals surface area (Å²) >= 11 is 0. The van der Waals surface area contributed by atoms with E-state index in [9.17, 15) is 4.79 Å². The predicted molar refractivity (Wildman–Crippen MR) is 64.8 cm³/mol. The Morgan fingerprint density at radius 3 is 2.20 bits per heavy atom. The van der Waals surface area contributed by atoms with Gasteiger partial charge in [-0.3, -0.25) is 4.79 Å². The Labute approximate surface area is 94.0 Å². The van der Waals surface area contributed by atoms with E-state index in [0.717, 1.165) is 6.42 Å². The molecule has 0 aromatic rings. The summed E-state index contributed by atoms with van der Waals surface area (Å²) in [5.41, 5.74) is 0.191. The van der Waals surface area contributed by atoms with E-state index in [1.807, 2.05) is 6.92 Å². The van der Waals surface area contributed by atoms with E-state index in [1.165, 1.54) is 0 Å². The third-order valence-electron chi connectivity index (χ3n) is 2.89. The van der Waals surface area contributed by atoms with Crippen LogP contribution in [0.25, 0.3) is 0 Å². The van der Waals surface area contributed by atoms with Crippen LogP contribution in [0.4, 0.5) is 0 Å². The van der Waals surface area contributed by atoms with Crippen LogP contribution < -0.4 is 10.6 Å². The Morgan fingerprint density at radius 1 is 1.27 bits per heavy atom. The molecule has 3 nitrogen and oxygen atoms in total. The van der Waals surface area contributed by atoms with Crippen molar-refractivity contribution < 1.29 is 4.79 Å². The van der Waals surface area contributed by atoms with E-state index in [2.05, 4.69) is 45.3 Å². The molecular weight excluding hydrogens is 188 g/mol. The van der Waals surface area contributed by atoms with E-state index in [0.29, 0.717) is 12.6 Å². The molecular formula is C12H26N2O. The lowest BCUT2D eigenvalue weighted by atomic mass is 9.88. The summed E-state index contributed by atoms with van der Waals surface area (Å²) in [6, 6.07) is 0.601. The minimum absolute atomic E-state index is 0.0837. The minimum Gasteiger partial charge on any atom is -0.353 e. The van der Waals surface area contributed by atoms with Crippen LogP contribution >= 0.6 is 0 Å². The molecule has 0 fully saturated rings. The predicted octanol–water partition coefficient (Wildman–Crippen LogP) is 1.93. The van der Waals surface area contributed by atoms with Crippen LogP contribution in [-0.2, 0) is 4.79 Å². The number of rotatable bonds is 5. The molecule has 2 N–H and O–H groups in total. The molecule has 1 amide bonds. The summed E-state index contributed by atoms with van der Waals surface area (Å²) in [7, 11) is 0. The van der Waals surface area contributed by atoms with Crippen molar-refractivity contribution in [1.82, 2.24) is 10.6 Å². The van der Waals surface area contributed by atoms with Gasteiger partial charge in [0.25, 0.3) is 0 Å². The van der Waals surface area contributed by atoms with Crippen LogP contribution in [0.2, 0.25) is 0 Å². The first-order valence-electron chi connectivity index (χ1n) is 5.80. The van der Waals surface area contributed by atoms with Gasteiger partial charge in [0.15, 0.2) is 0 Å². The zero-order valence-corrected chi connectivity index (χ0v) is 11.0. The molecule has 0 saturated carbocycles. The van der Waals surface area contributed by atoms with Crippen LogP contribution in [0.1, 0.15) is 48.0 Å². The van der Waals surface area contributed by atoms with Crippen molar-refractivity contribution in [2.45, 2.75) is 60.0 Å². The fourth-order valence-electron chi connectivity index (χ4n) is 0.980. The number of hydrogen-bond acceptors (Lipinski definition) is 2. The summed E-state index contributed by atoms with van der Waals surface area (Å²) in [5.74, 6) is 0.0837. The highest BCUT2D eigenvalue weighted by atomic mass is 16.1. The van der Waals surface area contributed by atoms with E-state index in [-0.39, 0.29) is 17.4 Å². The van der Waals surface area contributed by atoms with Gasteiger partial charge >= 0.3 is 0 Å². The van der Waals surface area contributed by atoms with Crippen molar-refractivity contribution in [3.63, 3.8) is 0 Å². The average molecular weight is 214 g/mol. The maximum Gasteiger partial charge on any atom is 0.234 e. The van der Waals surface area contributed by atoms with Gasteiger partial charge in [-0.05, 0) is 25.7 Å². The number of carbonyl (C=O) groups excluding carboxylic acids is 1. The summed E-state index contributed by atoms with van der Waals surface area (Å²) in [5, 5.41) is 6.17. The maximum atomic E-state index is 11.5. The van der Waals surface area contributed by atoms with Gasteiger partial charge in [0.2, 0.25) is 5.91 Å². The van der Waals surface area contributed by atoms with Crippen LogP contribution in [0.15, 0.2) is 0 Å². The second-order valence-corrected chi connectivity index (χ2v) is 5.35. The highest BCUT2D eigenvalue weighted by molar-refractivity contribution is 5.78. The number of nitrogens with one attached hydrogen (secondary N) is 2. The first-order valence-corrected chi connectivity index (χ1v) is 5.80. The molecule has 0 radical (unpaired) electrons. The lowest BCUT2D eigenvalue weighted by Crippen LogP contribution is -2.45. The third-order valence-corrected chi connectivity index (χ3v) is 2.89. The molecule has 0 aliphatic rings. The maximum absolute atomic E-state index is 11.5. The molecule has 90 valence electrons. The smallest absolute Gasteiger partial charge is 0.234 e. The second kappa shape index (κ2) is 6.11. The Kier molecular flexibility index (Phi) is 5.88. The first-order chi connectivity index (χ1) is 6.77. The zero-order chi connectivity index (χ0) is 12.1. The fourth-order valence-corrected chi connectivity index (χ4v) is 0.980. The number of hydrogen-bond donors (Lipinski definition) is 2. The van der Waals surface area contributed by atoms with Gasteiger partial charge in [-0.15, -0.1) is 0 Å². The van der Waals surface area contributed by atoms with Crippen molar-refractivity contribution >= 4 is 5.91 Å². The molecule has 15 heavy (non-hydrogen) atoms. The lowest BCUT2D eigenvalue weighted by Gasteiger charge is -2.28. The first kappa shape index (κ1) is 14.4. The molecule has 0 aromatic heterocycles. The SMILES string of the molecule is CCC(C)NC(=O)CNC(C)C(C)(C)C. The minimum atomic E-state index is 0.0837. The topological polar surface area (TPSA) is 41.1 Å². The normalized spacial score (nSPS) is 15.9. The van der Waals surface area contributed by atoms with Gasteiger partial charge in [0.1, 0.15) is 0 Å². The van der Waals surface area contributed by atoms with Crippen LogP contribution in [0.3, 0.4) is 0 Å². The van der Waals surface area contributed by atoms with E-state index >= 15 is 0 Å². The molecule has 0 aliphatic heterocycles. The van der Waals surface area contributed by atoms with Gasteiger partial charge in [-0.1, -0.05) is 27.7 Å². The zero-order valence-electron chi connectivity index (χ0n) is 11.0. The van der Waals surface area contributed by atoms with Crippen molar-refractivity contribution in [2.75, 3.05) is 6.54 Å². The summed E-state index contributed by atoms with van der Waals surface area (Å²) in [4.78, 5) is 11.5. The molecule has 0 rings (SSSR count). The van der Waals surface area contributed by atoms with Crippen molar-refractivity contribution in [3.8, 4) is 0 Å². The van der Waals surface area contributed by atoms with Gasteiger partial charge in [0, 0.05) is 12.1 Å². The number of amides is 1.